The van der Waals surface area contributed by atoms with Crippen molar-refractivity contribution in [2.24, 2.45) is 11.7 Å². The highest BCUT2D eigenvalue weighted by Gasteiger charge is 2.40. The average Bonchev–Trinajstić information content (AvgIpc) is 2.65. The van der Waals surface area contributed by atoms with Gasteiger partial charge in [-0.1, -0.05) is 0 Å². The Morgan fingerprint density at radius 3 is 2.35 bits per heavy atom. The molecule has 2 unspecified atom stereocenters. The van der Waals surface area contributed by atoms with E-state index in [0.717, 1.165) is 12.8 Å². The molecule has 0 aromatic rings. The summed E-state index contributed by atoms with van der Waals surface area (Å²) in [5.41, 5.74) is 4.63. The minimum atomic E-state index is -1.15. The molecule has 98 valence electrons. The van der Waals surface area contributed by atoms with Crippen molar-refractivity contribution in [1.82, 2.24) is 4.90 Å². The molecule has 1 aliphatic carbocycles. The number of nitrogens with zero attached hydrogens (tertiary/aromatic N) is 1. The van der Waals surface area contributed by atoms with E-state index in [-0.39, 0.29) is 17.9 Å². The smallest absolute Gasteiger partial charge is 0.329 e. The number of nitrogens with two attached hydrogens (primary N) is 1. The third-order valence-corrected chi connectivity index (χ3v) is 3.60. The first-order chi connectivity index (χ1) is 7.80. The van der Waals surface area contributed by atoms with Crippen LogP contribution in [0.4, 0.5) is 0 Å². The van der Waals surface area contributed by atoms with Crippen LogP contribution in [-0.4, -0.2) is 40.0 Å². The van der Waals surface area contributed by atoms with E-state index in [1.807, 2.05) is 0 Å². The lowest BCUT2D eigenvalue weighted by molar-refractivity contribution is -0.158. The van der Waals surface area contributed by atoms with Crippen molar-refractivity contribution in [3.05, 3.63) is 0 Å². The molecule has 0 aromatic carbocycles. The third-order valence-electron chi connectivity index (χ3n) is 3.60. The molecule has 17 heavy (non-hydrogen) atoms. The number of likely N-dealkylation sites (N-methyl/N-ethyl adjacent to an activating group) is 1. The van der Waals surface area contributed by atoms with Gasteiger partial charge in [0.1, 0.15) is 5.54 Å². The normalized spacial score (nSPS) is 24.7. The minimum Gasteiger partial charge on any atom is -0.480 e. The Balaban J connectivity index is 2.81. The molecule has 2 atom stereocenters. The first kappa shape index (κ1) is 14.0. The lowest BCUT2D eigenvalue weighted by Gasteiger charge is -2.36. The zero-order chi connectivity index (χ0) is 13.2. The Morgan fingerprint density at radius 1 is 1.41 bits per heavy atom. The summed E-state index contributed by atoms with van der Waals surface area (Å²) >= 11 is 0. The van der Waals surface area contributed by atoms with E-state index in [0.29, 0.717) is 13.0 Å². The molecule has 0 aromatic heterocycles. The standard InChI is InChI=1S/C12H22N2O3/c1-4-14(12(2,3)11(16)17)10(15)8-5-6-9(13)7-8/h8-9H,4-7,13H2,1-3H3,(H,16,17). The molecule has 0 aliphatic heterocycles. The van der Waals surface area contributed by atoms with E-state index in [1.54, 1.807) is 20.8 Å². The second-order valence-corrected chi connectivity index (χ2v) is 5.22. The summed E-state index contributed by atoms with van der Waals surface area (Å²) in [6.45, 7) is 5.33. The van der Waals surface area contributed by atoms with E-state index in [9.17, 15) is 9.59 Å². The molecule has 0 spiro atoms. The van der Waals surface area contributed by atoms with Gasteiger partial charge in [0.15, 0.2) is 0 Å². The number of hydrogen-bond acceptors (Lipinski definition) is 3. The van der Waals surface area contributed by atoms with Crippen LogP contribution in [0.25, 0.3) is 0 Å². The van der Waals surface area contributed by atoms with Gasteiger partial charge in [0.05, 0.1) is 0 Å². The first-order valence-electron chi connectivity index (χ1n) is 6.11. The van der Waals surface area contributed by atoms with Crippen molar-refractivity contribution in [3.8, 4) is 0 Å². The van der Waals surface area contributed by atoms with Crippen LogP contribution in [-0.2, 0) is 9.59 Å². The Kier molecular flexibility index (Phi) is 4.14. The van der Waals surface area contributed by atoms with E-state index >= 15 is 0 Å². The van der Waals surface area contributed by atoms with Crippen LogP contribution in [0, 0.1) is 5.92 Å². The SMILES string of the molecule is CCN(C(=O)C1CCC(N)C1)C(C)(C)C(=O)O. The summed E-state index contributed by atoms with van der Waals surface area (Å²) in [4.78, 5) is 24.9. The predicted octanol–water partition coefficient (Wildman–Crippen LogP) is 0.825. The molecule has 1 fully saturated rings. The van der Waals surface area contributed by atoms with Crippen LogP contribution in [0.15, 0.2) is 0 Å². The maximum absolute atomic E-state index is 12.3. The molecule has 3 N–H and O–H groups in total. The fourth-order valence-corrected chi connectivity index (χ4v) is 2.40. The lowest BCUT2D eigenvalue weighted by Crippen LogP contribution is -2.54. The highest BCUT2D eigenvalue weighted by atomic mass is 16.4. The quantitative estimate of drug-likeness (QED) is 0.764. The van der Waals surface area contributed by atoms with Crippen molar-refractivity contribution in [2.75, 3.05) is 6.54 Å². The summed E-state index contributed by atoms with van der Waals surface area (Å²) < 4.78 is 0. The zero-order valence-electron chi connectivity index (χ0n) is 10.8. The summed E-state index contributed by atoms with van der Waals surface area (Å²) in [7, 11) is 0. The second-order valence-electron chi connectivity index (χ2n) is 5.22. The molecule has 5 heteroatoms. The van der Waals surface area contributed by atoms with Crippen molar-refractivity contribution in [1.29, 1.82) is 0 Å². The van der Waals surface area contributed by atoms with Crippen molar-refractivity contribution >= 4 is 11.9 Å². The summed E-state index contributed by atoms with van der Waals surface area (Å²) in [6.07, 6.45) is 2.29. The topological polar surface area (TPSA) is 83.6 Å². The number of hydrogen-bond donors (Lipinski definition) is 2. The Morgan fingerprint density at radius 2 is 2.00 bits per heavy atom. The maximum atomic E-state index is 12.3. The Hall–Kier alpha value is -1.10. The van der Waals surface area contributed by atoms with Gasteiger partial charge in [-0.15, -0.1) is 0 Å². The molecule has 1 rings (SSSR count). The monoisotopic (exact) mass is 242 g/mol. The molecular weight excluding hydrogens is 220 g/mol. The number of carboxylic acid groups (broad SMARTS) is 1. The molecule has 1 saturated carbocycles. The summed E-state index contributed by atoms with van der Waals surface area (Å²) in [5.74, 6) is -1.16. The van der Waals surface area contributed by atoms with Gasteiger partial charge in [0.25, 0.3) is 0 Å². The Bertz CT molecular complexity index is 315. The maximum Gasteiger partial charge on any atom is 0.329 e. The van der Waals surface area contributed by atoms with Crippen LogP contribution in [0.3, 0.4) is 0 Å². The van der Waals surface area contributed by atoms with Gasteiger partial charge < -0.3 is 15.7 Å². The second kappa shape index (κ2) is 5.04. The van der Waals surface area contributed by atoms with E-state index in [2.05, 4.69) is 0 Å². The predicted molar refractivity (Wildman–Crippen MR) is 64.4 cm³/mol. The molecule has 0 bridgehead atoms. The summed E-state index contributed by atoms with van der Waals surface area (Å²) in [5, 5.41) is 9.17. The fourth-order valence-electron chi connectivity index (χ4n) is 2.40. The van der Waals surface area contributed by atoms with E-state index in [1.165, 1.54) is 4.90 Å². The van der Waals surface area contributed by atoms with Gasteiger partial charge in [-0.2, -0.15) is 0 Å². The van der Waals surface area contributed by atoms with Crippen molar-refractivity contribution in [3.63, 3.8) is 0 Å². The van der Waals surface area contributed by atoms with Gasteiger partial charge in [-0.05, 0) is 40.0 Å². The van der Waals surface area contributed by atoms with Crippen LogP contribution in [0.2, 0.25) is 0 Å². The van der Waals surface area contributed by atoms with E-state index < -0.39 is 11.5 Å². The average molecular weight is 242 g/mol. The van der Waals surface area contributed by atoms with E-state index in [4.69, 9.17) is 10.8 Å². The third kappa shape index (κ3) is 2.77. The molecule has 1 amide bonds. The fraction of sp³-hybridized carbons (Fsp3) is 0.833. The van der Waals surface area contributed by atoms with Gasteiger partial charge in [-0.25, -0.2) is 4.79 Å². The van der Waals surface area contributed by atoms with Gasteiger partial charge in [-0.3, -0.25) is 4.79 Å². The lowest BCUT2D eigenvalue weighted by atomic mass is 9.98. The number of carbonyl (C=O) groups excluding carboxylic acids is 1. The van der Waals surface area contributed by atoms with Gasteiger partial charge >= 0.3 is 5.97 Å². The largest absolute Gasteiger partial charge is 0.480 e. The summed E-state index contributed by atoms with van der Waals surface area (Å²) in [6, 6.07) is 0.0793. The van der Waals surface area contributed by atoms with Crippen LogP contribution in [0.5, 0.6) is 0 Å². The first-order valence-corrected chi connectivity index (χ1v) is 6.11. The Labute approximate surface area is 102 Å². The highest BCUT2D eigenvalue weighted by Crippen LogP contribution is 2.28. The molecule has 0 saturated heterocycles. The van der Waals surface area contributed by atoms with Gasteiger partial charge in [0, 0.05) is 18.5 Å². The number of rotatable bonds is 4. The number of aliphatic carboxylic acids is 1. The molecule has 0 radical (unpaired) electrons. The molecule has 1 aliphatic rings. The number of carboxylic acids is 1. The minimum absolute atomic E-state index is 0.0761. The van der Waals surface area contributed by atoms with Crippen molar-refractivity contribution < 1.29 is 14.7 Å². The molecular formula is C12H22N2O3. The molecule has 0 heterocycles. The van der Waals surface area contributed by atoms with Crippen LogP contribution >= 0.6 is 0 Å². The van der Waals surface area contributed by atoms with Gasteiger partial charge in [0.2, 0.25) is 5.91 Å². The van der Waals surface area contributed by atoms with Crippen LogP contribution < -0.4 is 5.73 Å². The number of amides is 1. The van der Waals surface area contributed by atoms with Crippen molar-refractivity contribution in [2.45, 2.75) is 51.6 Å². The highest BCUT2D eigenvalue weighted by molar-refractivity contribution is 5.87. The number of carbonyl (C=O) groups is 2. The molecule has 5 nitrogen and oxygen atoms in total. The zero-order valence-corrected chi connectivity index (χ0v) is 10.8. The van der Waals surface area contributed by atoms with Crippen LogP contribution in [0.1, 0.15) is 40.0 Å².